The van der Waals surface area contributed by atoms with Gasteiger partial charge in [-0.3, -0.25) is 0 Å². The van der Waals surface area contributed by atoms with Crippen molar-refractivity contribution in [2.45, 2.75) is 43.8 Å². The van der Waals surface area contributed by atoms with E-state index in [1.54, 1.807) is 5.19 Å². The molecule has 0 radical (unpaired) electrons. The summed E-state index contributed by atoms with van der Waals surface area (Å²) in [7, 11) is -1.91. The fourth-order valence-electron chi connectivity index (χ4n) is 9.60. The topological polar surface area (TPSA) is 0 Å². The summed E-state index contributed by atoms with van der Waals surface area (Å²) in [6.45, 7) is 7.72. The highest BCUT2D eigenvalue weighted by atomic mass is 28.3. The highest BCUT2D eigenvalue weighted by Crippen LogP contribution is 2.59. The van der Waals surface area contributed by atoms with Gasteiger partial charge in [0.1, 0.15) is 0 Å². The molecule has 0 aromatic heterocycles. The molecule has 0 nitrogen and oxygen atoms in total. The summed E-state index contributed by atoms with van der Waals surface area (Å²) in [6, 6.07) is 46.4. The number of benzene rings is 7. The molecular weight excluding hydrogens is 617 g/mol. The van der Waals surface area contributed by atoms with Crippen molar-refractivity contribution in [2.24, 2.45) is 0 Å². The average molecular weight is 657 g/mol. The number of allylic oxidation sites excluding steroid dienone is 5. The monoisotopic (exact) mass is 656 g/mol. The lowest BCUT2D eigenvalue weighted by molar-refractivity contribution is 0.657. The van der Waals surface area contributed by atoms with Crippen molar-refractivity contribution in [3.63, 3.8) is 0 Å². The molecule has 0 spiro atoms. The van der Waals surface area contributed by atoms with Crippen molar-refractivity contribution in [3.05, 3.63) is 168 Å². The fraction of sp³-hybridized carbons (Fsp3) is 0.143. The summed E-state index contributed by atoms with van der Waals surface area (Å²) in [5, 5.41) is 9.71. The van der Waals surface area contributed by atoms with Crippen molar-refractivity contribution < 1.29 is 0 Å². The summed E-state index contributed by atoms with van der Waals surface area (Å²) in [6.07, 6.45) is 16.4. The third-order valence-electron chi connectivity index (χ3n) is 12.6. The minimum absolute atomic E-state index is 0.146. The Morgan fingerprint density at radius 3 is 2.28 bits per heavy atom. The SMILES string of the molecule is CC12C=CC=CC1c1cc3c(-c4ccc5c(c4)CCC=C5)c4ccc(-c5cccc6ccccc56)cc4c(-c4ccccc4)c3cc1[Si]2(C)C. The van der Waals surface area contributed by atoms with Crippen LogP contribution in [0, 0.1) is 0 Å². The van der Waals surface area contributed by atoms with Crippen LogP contribution in [0.3, 0.4) is 0 Å². The molecule has 3 aliphatic rings. The molecule has 1 heterocycles. The van der Waals surface area contributed by atoms with Crippen LogP contribution >= 0.6 is 0 Å². The molecule has 7 aromatic carbocycles. The first-order valence-electron chi connectivity index (χ1n) is 18.2. The van der Waals surface area contributed by atoms with Crippen molar-refractivity contribution >= 4 is 51.7 Å². The summed E-state index contributed by atoms with van der Waals surface area (Å²) in [5.74, 6) is 0.402. The van der Waals surface area contributed by atoms with Crippen LogP contribution in [0.1, 0.15) is 36.0 Å². The molecule has 0 saturated carbocycles. The van der Waals surface area contributed by atoms with Crippen molar-refractivity contribution in [2.75, 3.05) is 0 Å². The van der Waals surface area contributed by atoms with Crippen LogP contribution in [0.4, 0.5) is 0 Å². The van der Waals surface area contributed by atoms with Crippen LogP contribution in [-0.4, -0.2) is 8.07 Å². The first-order valence-corrected chi connectivity index (χ1v) is 21.2. The van der Waals surface area contributed by atoms with E-state index in [1.807, 2.05) is 0 Å². The molecule has 240 valence electrons. The third-order valence-corrected chi connectivity index (χ3v) is 17.6. The van der Waals surface area contributed by atoms with Gasteiger partial charge in [-0.25, -0.2) is 0 Å². The Morgan fingerprint density at radius 1 is 0.620 bits per heavy atom. The smallest absolute Gasteiger partial charge is 0.0836 e. The highest BCUT2D eigenvalue weighted by molar-refractivity contribution is 6.94. The van der Waals surface area contributed by atoms with Gasteiger partial charge in [0.05, 0.1) is 8.07 Å². The summed E-state index contributed by atoms with van der Waals surface area (Å²) in [4.78, 5) is 0. The predicted octanol–water partition coefficient (Wildman–Crippen LogP) is 13.0. The molecule has 1 aliphatic heterocycles. The molecule has 1 heteroatoms. The van der Waals surface area contributed by atoms with E-state index in [0.29, 0.717) is 5.92 Å². The van der Waals surface area contributed by atoms with Gasteiger partial charge in [-0.05, 0) is 112 Å². The van der Waals surface area contributed by atoms with Gasteiger partial charge < -0.3 is 0 Å². The molecule has 0 saturated heterocycles. The Balaban J connectivity index is 1.37. The average Bonchev–Trinajstić information content (AvgIpc) is 3.33. The third kappa shape index (κ3) is 4.17. The molecule has 0 fully saturated rings. The normalized spacial score (nSPS) is 19.9. The first kappa shape index (κ1) is 29.7. The van der Waals surface area contributed by atoms with E-state index in [1.165, 1.54) is 82.4 Å². The van der Waals surface area contributed by atoms with E-state index < -0.39 is 8.07 Å². The Bertz CT molecular complexity index is 2630. The molecule has 2 unspecified atom stereocenters. The minimum Gasteiger partial charge on any atom is -0.0836 e. The van der Waals surface area contributed by atoms with Crippen molar-refractivity contribution in [3.8, 4) is 33.4 Å². The van der Waals surface area contributed by atoms with Crippen molar-refractivity contribution in [1.82, 2.24) is 0 Å². The zero-order valence-electron chi connectivity index (χ0n) is 29.0. The van der Waals surface area contributed by atoms with Crippen LogP contribution in [-0.2, 0) is 6.42 Å². The summed E-state index contributed by atoms with van der Waals surface area (Å²) >= 11 is 0. The molecule has 2 aliphatic carbocycles. The maximum Gasteiger partial charge on any atom is 0.0915 e. The van der Waals surface area contributed by atoms with E-state index in [2.05, 4.69) is 178 Å². The van der Waals surface area contributed by atoms with E-state index in [9.17, 15) is 0 Å². The Hall–Kier alpha value is -5.24. The maximum absolute atomic E-state index is 2.65. The van der Waals surface area contributed by atoms with Crippen LogP contribution in [0.25, 0.3) is 71.8 Å². The Kier molecular flexibility index (Phi) is 6.45. The zero-order valence-corrected chi connectivity index (χ0v) is 30.0. The number of fused-ring (bicyclic) bond motifs is 7. The second-order valence-electron chi connectivity index (χ2n) is 15.4. The molecular formula is C49H40Si. The number of aryl methyl sites for hydroxylation is 1. The second-order valence-corrected chi connectivity index (χ2v) is 20.2. The number of hydrogen-bond acceptors (Lipinski definition) is 0. The van der Waals surface area contributed by atoms with Crippen LogP contribution < -0.4 is 5.19 Å². The minimum atomic E-state index is -1.91. The molecule has 50 heavy (non-hydrogen) atoms. The molecule has 0 N–H and O–H groups in total. The summed E-state index contributed by atoms with van der Waals surface area (Å²) < 4.78 is 0. The Morgan fingerprint density at radius 2 is 1.38 bits per heavy atom. The largest absolute Gasteiger partial charge is 0.0915 e. The standard InChI is InChI=1S/C49H40Si/c1-49-27-12-11-22-45(49)44-30-42-43(31-46(44)50(49,2)3)47(34-16-5-4-6-17-34)41-29-36(39-21-13-19-33-15-9-10-20-38(33)39)25-26-40(41)48(42)37-24-23-32-14-7-8-18-35(32)28-37/h4-7,9-17,19-31,45H,8,18H2,1-3H3. The van der Waals surface area contributed by atoms with Crippen LogP contribution in [0.2, 0.25) is 18.1 Å². The zero-order chi connectivity index (χ0) is 33.6. The number of rotatable bonds is 3. The lowest BCUT2D eigenvalue weighted by atomic mass is 9.80. The first-order chi connectivity index (χ1) is 24.4. The van der Waals surface area contributed by atoms with E-state index in [4.69, 9.17) is 0 Å². The van der Waals surface area contributed by atoms with E-state index in [-0.39, 0.29) is 5.04 Å². The van der Waals surface area contributed by atoms with Gasteiger partial charge in [0.15, 0.2) is 0 Å². The van der Waals surface area contributed by atoms with Crippen molar-refractivity contribution in [1.29, 1.82) is 0 Å². The van der Waals surface area contributed by atoms with Gasteiger partial charge in [0, 0.05) is 5.92 Å². The molecule has 2 atom stereocenters. The molecule has 7 aromatic rings. The van der Waals surface area contributed by atoms with Crippen LogP contribution in [0.5, 0.6) is 0 Å². The van der Waals surface area contributed by atoms with E-state index in [0.717, 1.165) is 12.8 Å². The van der Waals surface area contributed by atoms with Gasteiger partial charge >= 0.3 is 0 Å². The molecule has 0 bridgehead atoms. The maximum atomic E-state index is 2.65. The summed E-state index contributed by atoms with van der Waals surface area (Å²) in [5.41, 5.74) is 12.2. The highest BCUT2D eigenvalue weighted by Gasteiger charge is 2.55. The predicted molar refractivity (Wildman–Crippen MR) is 219 cm³/mol. The van der Waals surface area contributed by atoms with Crippen LogP contribution in [0.15, 0.2) is 152 Å². The lowest BCUT2D eigenvalue weighted by Gasteiger charge is -2.39. The number of hydrogen-bond donors (Lipinski definition) is 0. The molecule has 0 amide bonds. The fourth-order valence-corrected chi connectivity index (χ4v) is 13.2. The van der Waals surface area contributed by atoms with Gasteiger partial charge in [-0.2, -0.15) is 0 Å². The van der Waals surface area contributed by atoms with Gasteiger partial charge in [0.2, 0.25) is 0 Å². The van der Waals surface area contributed by atoms with Gasteiger partial charge in [-0.15, -0.1) is 0 Å². The second kappa shape index (κ2) is 10.9. The quantitative estimate of drug-likeness (QED) is 0.131. The molecule has 10 rings (SSSR count). The van der Waals surface area contributed by atoms with Gasteiger partial charge in [0.25, 0.3) is 0 Å². The van der Waals surface area contributed by atoms with Gasteiger partial charge in [-0.1, -0.05) is 171 Å². The lowest BCUT2D eigenvalue weighted by Crippen LogP contribution is -2.47. The van der Waals surface area contributed by atoms with E-state index >= 15 is 0 Å². The Labute approximate surface area is 296 Å².